The van der Waals surface area contributed by atoms with Gasteiger partial charge in [0.25, 0.3) is 0 Å². The Labute approximate surface area is 117 Å². The number of carbonyl (C=O) groups excluding carboxylic acids is 1. The van der Waals surface area contributed by atoms with Crippen LogP contribution < -0.4 is 0 Å². The van der Waals surface area contributed by atoms with Gasteiger partial charge in [0.1, 0.15) is 0 Å². The lowest BCUT2D eigenvalue weighted by molar-refractivity contribution is -0.153. The first-order valence-electron chi connectivity index (χ1n) is 5.83. The Kier molecular flexibility index (Phi) is 5.43. The molecule has 0 bridgehead atoms. The van der Waals surface area contributed by atoms with Crippen molar-refractivity contribution in [3.63, 3.8) is 0 Å². The Morgan fingerprint density at radius 2 is 1.94 bits per heavy atom. The number of benzene rings is 1. The van der Waals surface area contributed by atoms with Gasteiger partial charge >= 0.3 is 5.97 Å². The van der Waals surface area contributed by atoms with Crippen molar-refractivity contribution < 1.29 is 9.53 Å². The van der Waals surface area contributed by atoms with E-state index in [1.807, 2.05) is 39.0 Å². The monoisotopic (exact) mass is 346 g/mol. The molecule has 0 saturated heterocycles. The van der Waals surface area contributed by atoms with Gasteiger partial charge in [-0.15, -0.1) is 0 Å². The van der Waals surface area contributed by atoms with Crippen LogP contribution in [0.3, 0.4) is 0 Å². The van der Waals surface area contributed by atoms with E-state index in [9.17, 15) is 4.79 Å². The van der Waals surface area contributed by atoms with Gasteiger partial charge in [0.15, 0.2) is 0 Å². The molecular formula is C14H19IO2. The standard InChI is InChI=1S/C14H19IO2/c1-4-17-13(16)14(2,3)10-12(15)11-8-6-5-7-9-11/h5-9,12H,4,10H2,1-3H3. The topological polar surface area (TPSA) is 26.3 Å². The predicted octanol–water partition coefficient (Wildman–Crippen LogP) is 4.14. The minimum atomic E-state index is -0.433. The molecule has 94 valence electrons. The van der Waals surface area contributed by atoms with E-state index >= 15 is 0 Å². The van der Waals surface area contributed by atoms with E-state index in [0.717, 1.165) is 6.42 Å². The number of hydrogen-bond donors (Lipinski definition) is 0. The number of halogens is 1. The molecular weight excluding hydrogens is 327 g/mol. The van der Waals surface area contributed by atoms with Gasteiger partial charge in [-0.1, -0.05) is 52.9 Å². The van der Waals surface area contributed by atoms with Crippen LogP contribution >= 0.6 is 22.6 Å². The summed E-state index contributed by atoms with van der Waals surface area (Å²) in [6.45, 7) is 6.17. The first-order chi connectivity index (χ1) is 7.97. The van der Waals surface area contributed by atoms with Crippen LogP contribution in [0.15, 0.2) is 30.3 Å². The average Bonchev–Trinajstić information content (AvgIpc) is 2.30. The second-order valence-corrected chi connectivity index (χ2v) is 6.19. The predicted molar refractivity (Wildman–Crippen MR) is 78.2 cm³/mol. The highest BCUT2D eigenvalue weighted by atomic mass is 127. The van der Waals surface area contributed by atoms with Crippen molar-refractivity contribution in [1.29, 1.82) is 0 Å². The van der Waals surface area contributed by atoms with E-state index in [2.05, 4.69) is 34.7 Å². The van der Waals surface area contributed by atoms with Crippen LogP contribution in [-0.2, 0) is 9.53 Å². The van der Waals surface area contributed by atoms with E-state index in [4.69, 9.17) is 4.74 Å². The quantitative estimate of drug-likeness (QED) is 0.455. The van der Waals surface area contributed by atoms with Gasteiger partial charge in [-0.3, -0.25) is 4.79 Å². The number of alkyl halides is 1. The molecule has 1 atom stereocenters. The minimum Gasteiger partial charge on any atom is -0.466 e. The van der Waals surface area contributed by atoms with E-state index in [0.29, 0.717) is 10.5 Å². The number of esters is 1. The molecule has 3 heteroatoms. The van der Waals surface area contributed by atoms with Crippen molar-refractivity contribution in [1.82, 2.24) is 0 Å². The molecule has 0 fully saturated rings. The SMILES string of the molecule is CCOC(=O)C(C)(C)CC(I)c1ccccc1. The summed E-state index contributed by atoms with van der Waals surface area (Å²) >= 11 is 2.39. The van der Waals surface area contributed by atoms with E-state index < -0.39 is 5.41 Å². The summed E-state index contributed by atoms with van der Waals surface area (Å²) in [5.74, 6) is -0.113. The second kappa shape index (κ2) is 6.38. The molecule has 1 unspecified atom stereocenters. The molecule has 1 aromatic rings. The molecule has 0 heterocycles. The third-order valence-corrected chi connectivity index (χ3v) is 3.84. The lowest BCUT2D eigenvalue weighted by Crippen LogP contribution is -2.27. The average molecular weight is 346 g/mol. The summed E-state index contributed by atoms with van der Waals surface area (Å²) in [4.78, 5) is 11.8. The fourth-order valence-corrected chi connectivity index (χ4v) is 3.15. The van der Waals surface area contributed by atoms with Crippen LogP contribution in [0.25, 0.3) is 0 Å². The first-order valence-corrected chi connectivity index (χ1v) is 7.08. The van der Waals surface area contributed by atoms with Gasteiger partial charge in [-0.05, 0) is 32.8 Å². The Morgan fingerprint density at radius 1 is 1.35 bits per heavy atom. The molecule has 1 aromatic carbocycles. The Hall–Kier alpha value is -0.580. The van der Waals surface area contributed by atoms with Gasteiger partial charge in [0.05, 0.1) is 12.0 Å². The minimum absolute atomic E-state index is 0.113. The summed E-state index contributed by atoms with van der Waals surface area (Å²) < 4.78 is 5.43. The highest BCUT2D eigenvalue weighted by Crippen LogP contribution is 2.36. The van der Waals surface area contributed by atoms with Crippen molar-refractivity contribution in [3.8, 4) is 0 Å². The van der Waals surface area contributed by atoms with E-state index in [1.165, 1.54) is 5.56 Å². The number of rotatable bonds is 5. The summed E-state index contributed by atoms with van der Waals surface area (Å²) in [6.07, 6.45) is 0.788. The third kappa shape index (κ3) is 4.30. The smallest absolute Gasteiger partial charge is 0.311 e. The second-order valence-electron chi connectivity index (χ2n) is 4.69. The van der Waals surface area contributed by atoms with Crippen LogP contribution in [0.4, 0.5) is 0 Å². The Bertz CT molecular complexity index is 360. The van der Waals surface area contributed by atoms with Gasteiger partial charge in [-0.25, -0.2) is 0 Å². The Morgan fingerprint density at radius 3 is 2.47 bits per heavy atom. The highest BCUT2D eigenvalue weighted by molar-refractivity contribution is 14.1. The lowest BCUT2D eigenvalue weighted by atomic mass is 9.86. The van der Waals surface area contributed by atoms with Crippen molar-refractivity contribution in [2.45, 2.75) is 31.1 Å². The maximum Gasteiger partial charge on any atom is 0.311 e. The van der Waals surface area contributed by atoms with Crippen LogP contribution in [-0.4, -0.2) is 12.6 Å². The largest absolute Gasteiger partial charge is 0.466 e. The van der Waals surface area contributed by atoms with Crippen LogP contribution in [0.2, 0.25) is 0 Å². The number of ether oxygens (including phenoxy) is 1. The number of carbonyl (C=O) groups is 1. The third-order valence-electron chi connectivity index (χ3n) is 2.68. The van der Waals surface area contributed by atoms with Crippen LogP contribution in [0.5, 0.6) is 0 Å². The van der Waals surface area contributed by atoms with Gasteiger partial charge in [0.2, 0.25) is 0 Å². The Balaban J connectivity index is 2.67. The fraction of sp³-hybridized carbons (Fsp3) is 0.500. The molecule has 0 aromatic heterocycles. The van der Waals surface area contributed by atoms with Crippen molar-refractivity contribution in [2.24, 2.45) is 5.41 Å². The van der Waals surface area contributed by atoms with Crippen molar-refractivity contribution >= 4 is 28.6 Å². The normalized spacial score (nSPS) is 13.2. The molecule has 0 N–H and O–H groups in total. The van der Waals surface area contributed by atoms with Crippen molar-refractivity contribution in [3.05, 3.63) is 35.9 Å². The van der Waals surface area contributed by atoms with Gasteiger partial charge in [-0.2, -0.15) is 0 Å². The molecule has 2 nitrogen and oxygen atoms in total. The molecule has 1 rings (SSSR count). The molecule has 0 spiro atoms. The molecule has 0 aliphatic carbocycles. The van der Waals surface area contributed by atoms with Gasteiger partial charge < -0.3 is 4.74 Å². The first kappa shape index (κ1) is 14.5. The van der Waals surface area contributed by atoms with Crippen LogP contribution in [0, 0.1) is 5.41 Å². The number of hydrogen-bond acceptors (Lipinski definition) is 2. The van der Waals surface area contributed by atoms with E-state index in [1.54, 1.807) is 0 Å². The summed E-state index contributed by atoms with van der Waals surface area (Å²) in [5, 5.41) is 0. The maximum absolute atomic E-state index is 11.8. The highest BCUT2D eigenvalue weighted by Gasteiger charge is 2.31. The molecule has 0 radical (unpaired) electrons. The summed E-state index contributed by atoms with van der Waals surface area (Å²) in [7, 11) is 0. The molecule has 0 amide bonds. The zero-order chi connectivity index (χ0) is 12.9. The fourth-order valence-electron chi connectivity index (χ4n) is 1.64. The molecule has 17 heavy (non-hydrogen) atoms. The molecule has 0 saturated carbocycles. The summed E-state index contributed by atoms with van der Waals surface area (Å²) in [5.41, 5.74) is 0.822. The van der Waals surface area contributed by atoms with Crippen molar-refractivity contribution in [2.75, 3.05) is 6.61 Å². The lowest BCUT2D eigenvalue weighted by Gasteiger charge is -2.25. The zero-order valence-electron chi connectivity index (χ0n) is 10.6. The van der Waals surface area contributed by atoms with Crippen LogP contribution in [0.1, 0.15) is 36.7 Å². The summed E-state index contributed by atoms with van der Waals surface area (Å²) in [6, 6.07) is 10.2. The van der Waals surface area contributed by atoms with Gasteiger partial charge in [0, 0.05) is 3.92 Å². The molecule has 0 aliphatic heterocycles. The maximum atomic E-state index is 11.8. The van der Waals surface area contributed by atoms with E-state index in [-0.39, 0.29) is 5.97 Å². The zero-order valence-corrected chi connectivity index (χ0v) is 12.7. The molecule has 0 aliphatic rings.